The zero-order valence-electron chi connectivity index (χ0n) is 10.6. The standard InChI is InChI=1S/C13H17Cl2NO/c1-9-5-6-10(11(15)7-9)12(17)16(4)13(2,3)8-14/h5-7H,8H2,1-4H3. The Bertz CT molecular complexity index is 429. The van der Waals surface area contributed by atoms with Crippen molar-refractivity contribution in [3.05, 3.63) is 34.3 Å². The van der Waals surface area contributed by atoms with Crippen molar-refractivity contribution in [3.8, 4) is 0 Å². The van der Waals surface area contributed by atoms with Gasteiger partial charge in [0.05, 0.1) is 16.1 Å². The van der Waals surface area contributed by atoms with Crippen molar-refractivity contribution in [1.29, 1.82) is 0 Å². The Morgan fingerprint density at radius 1 is 1.41 bits per heavy atom. The zero-order chi connectivity index (χ0) is 13.2. The van der Waals surface area contributed by atoms with Crippen LogP contribution >= 0.6 is 23.2 Å². The number of hydrogen-bond acceptors (Lipinski definition) is 1. The molecule has 0 aromatic heterocycles. The summed E-state index contributed by atoms with van der Waals surface area (Å²) in [6.07, 6.45) is 0. The Hall–Kier alpha value is -0.730. The molecule has 1 aromatic rings. The quantitative estimate of drug-likeness (QED) is 0.769. The first-order valence-corrected chi connectivity index (χ1v) is 6.31. The van der Waals surface area contributed by atoms with Gasteiger partial charge in [0, 0.05) is 12.9 Å². The first-order valence-electron chi connectivity index (χ1n) is 5.40. The average Bonchev–Trinajstić information content (AvgIpc) is 2.27. The normalized spacial score (nSPS) is 11.4. The first-order chi connectivity index (χ1) is 7.79. The van der Waals surface area contributed by atoms with Gasteiger partial charge in [0.25, 0.3) is 5.91 Å². The highest BCUT2D eigenvalue weighted by molar-refractivity contribution is 6.33. The number of nitrogens with zero attached hydrogens (tertiary/aromatic N) is 1. The van der Waals surface area contributed by atoms with Crippen molar-refractivity contribution < 1.29 is 4.79 Å². The number of halogens is 2. The minimum absolute atomic E-state index is 0.111. The van der Waals surface area contributed by atoms with Gasteiger partial charge < -0.3 is 4.90 Å². The van der Waals surface area contributed by atoms with E-state index in [1.54, 1.807) is 24.1 Å². The number of amides is 1. The fourth-order valence-corrected chi connectivity index (χ4v) is 1.83. The van der Waals surface area contributed by atoms with Crippen LogP contribution in [-0.2, 0) is 0 Å². The highest BCUT2D eigenvalue weighted by Gasteiger charge is 2.28. The molecule has 0 bridgehead atoms. The summed E-state index contributed by atoms with van der Waals surface area (Å²) >= 11 is 11.9. The molecule has 0 heterocycles. The van der Waals surface area contributed by atoms with Crippen molar-refractivity contribution in [1.82, 2.24) is 4.90 Å². The van der Waals surface area contributed by atoms with Crippen LogP contribution in [0.1, 0.15) is 29.8 Å². The third-order valence-electron chi connectivity index (χ3n) is 2.89. The van der Waals surface area contributed by atoms with E-state index in [0.717, 1.165) is 5.56 Å². The molecule has 0 aliphatic carbocycles. The topological polar surface area (TPSA) is 20.3 Å². The first kappa shape index (κ1) is 14.3. The minimum atomic E-state index is -0.396. The van der Waals surface area contributed by atoms with Crippen molar-refractivity contribution in [2.45, 2.75) is 26.3 Å². The molecule has 0 aliphatic rings. The molecule has 17 heavy (non-hydrogen) atoms. The minimum Gasteiger partial charge on any atom is -0.335 e. The predicted octanol–water partition coefficient (Wildman–Crippen LogP) is 3.74. The molecular weight excluding hydrogens is 257 g/mol. The van der Waals surface area contributed by atoms with Crippen LogP contribution in [0, 0.1) is 6.92 Å². The second-order valence-electron chi connectivity index (χ2n) is 4.79. The van der Waals surface area contributed by atoms with Gasteiger partial charge >= 0.3 is 0 Å². The molecule has 0 radical (unpaired) electrons. The summed E-state index contributed by atoms with van der Waals surface area (Å²) in [6.45, 7) is 5.77. The molecule has 0 aliphatic heterocycles. The van der Waals surface area contributed by atoms with Crippen LogP contribution in [0.2, 0.25) is 5.02 Å². The van der Waals surface area contributed by atoms with Crippen molar-refractivity contribution in [2.75, 3.05) is 12.9 Å². The van der Waals surface area contributed by atoms with E-state index in [2.05, 4.69) is 0 Å². The fraction of sp³-hybridized carbons (Fsp3) is 0.462. The predicted molar refractivity (Wildman–Crippen MR) is 73.1 cm³/mol. The van der Waals surface area contributed by atoms with E-state index in [4.69, 9.17) is 23.2 Å². The SMILES string of the molecule is Cc1ccc(C(=O)N(C)C(C)(C)CCl)c(Cl)c1. The van der Waals surface area contributed by atoms with Crippen LogP contribution in [0.3, 0.4) is 0 Å². The molecular formula is C13H17Cl2NO. The highest BCUT2D eigenvalue weighted by atomic mass is 35.5. The maximum absolute atomic E-state index is 12.3. The monoisotopic (exact) mass is 273 g/mol. The van der Waals surface area contributed by atoms with Gasteiger partial charge in [0.1, 0.15) is 0 Å². The lowest BCUT2D eigenvalue weighted by atomic mass is 10.0. The highest BCUT2D eigenvalue weighted by Crippen LogP contribution is 2.23. The largest absolute Gasteiger partial charge is 0.335 e. The van der Waals surface area contributed by atoms with Crippen LogP contribution < -0.4 is 0 Å². The summed E-state index contributed by atoms with van der Waals surface area (Å²) in [4.78, 5) is 13.9. The van der Waals surface area contributed by atoms with E-state index in [1.165, 1.54) is 0 Å². The molecule has 0 saturated carbocycles. The van der Waals surface area contributed by atoms with Gasteiger partial charge in [-0.2, -0.15) is 0 Å². The summed E-state index contributed by atoms with van der Waals surface area (Å²) in [5.41, 5.74) is 1.15. The summed E-state index contributed by atoms with van der Waals surface area (Å²) in [5, 5.41) is 0.479. The van der Waals surface area contributed by atoms with Gasteiger partial charge in [-0.3, -0.25) is 4.79 Å². The molecule has 4 heteroatoms. The fourth-order valence-electron chi connectivity index (χ4n) is 1.34. The lowest BCUT2D eigenvalue weighted by molar-refractivity contribution is 0.0660. The molecule has 1 amide bonds. The Balaban J connectivity index is 3.05. The molecule has 0 spiro atoms. The molecule has 1 aromatic carbocycles. The summed E-state index contributed by atoms with van der Waals surface area (Å²) in [7, 11) is 1.74. The van der Waals surface area contributed by atoms with Crippen molar-refractivity contribution >= 4 is 29.1 Å². The van der Waals surface area contributed by atoms with Crippen LogP contribution in [0.15, 0.2) is 18.2 Å². The number of carbonyl (C=O) groups is 1. The van der Waals surface area contributed by atoms with E-state index >= 15 is 0 Å². The number of rotatable bonds is 3. The molecule has 0 fully saturated rings. The summed E-state index contributed by atoms with van der Waals surface area (Å²) in [5.74, 6) is 0.263. The van der Waals surface area contributed by atoms with Gasteiger partial charge in [0.2, 0.25) is 0 Å². The molecule has 1 rings (SSSR count). The van der Waals surface area contributed by atoms with Crippen LogP contribution in [0.4, 0.5) is 0 Å². The molecule has 94 valence electrons. The Morgan fingerprint density at radius 3 is 2.47 bits per heavy atom. The van der Waals surface area contributed by atoms with E-state index in [9.17, 15) is 4.79 Å². The lowest BCUT2D eigenvalue weighted by Gasteiger charge is -2.34. The number of benzene rings is 1. The summed E-state index contributed by atoms with van der Waals surface area (Å²) in [6, 6.07) is 5.41. The van der Waals surface area contributed by atoms with Crippen LogP contribution in [0.5, 0.6) is 0 Å². The third-order valence-corrected chi connectivity index (χ3v) is 3.86. The van der Waals surface area contributed by atoms with Gasteiger partial charge in [-0.25, -0.2) is 0 Å². The van der Waals surface area contributed by atoms with E-state index < -0.39 is 5.54 Å². The van der Waals surface area contributed by atoms with Gasteiger partial charge in [0.15, 0.2) is 0 Å². The third kappa shape index (κ3) is 3.14. The van der Waals surface area contributed by atoms with Gasteiger partial charge in [-0.05, 0) is 38.5 Å². The van der Waals surface area contributed by atoms with Crippen LogP contribution in [0.25, 0.3) is 0 Å². The number of hydrogen-bond donors (Lipinski definition) is 0. The van der Waals surface area contributed by atoms with Crippen molar-refractivity contribution in [3.63, 3.8) is 0 Å². The number of alkyl halides is 1. The number of aryl methyl sites for hydroxylation is 1. The molecule has 0 saturated heterocycles. The second-order valence-corrected chi connectivity index (χ2v) is 5.47. The van der Waals surface area contributed by atoms with Crippen LogP contribution in [-0.4, -0.2) is 29.3 Å². The maximum atomic E-state index is 12.3. The Kier molecular flexibility index (Phi) is 4.45. The molecule has 0 unspecified atom stereocenters. The smallest absolute Gasteiger partial charge is 0.255 e. The van der Waals surface area contributed by atoms with Gasteiger partial charge in [-0.1, -0.05) is 17.7 Å². The van der Waals surface area contributed by atoms with E-state index in [1.807, 2.05) is 26.8 Å². The Labute approximate surface area is 113 Å². The molecule has 0 atom stereocenters. The van der Waals surface area contributed by atoms with Gasteiger partial charge in [-0.15, -0.1) is 11.6 Å². The van der Waals surface area contributed by atoms with Crippen molar-refractivity contribution in [2.24, 2.45) is 0 Å². The van der Waals surface area contributed by atoms with E-state index in [-0.39, 0.29) is 5.91 Å². The zero-order valence-corrected chi connectivity index (χ0v) is 12.1. The number of carbonyl (C=O) groups excluding carboxylic acids is 1. The molecule has 2 nitrogen and oxygen atoms in total. The maximum Gasteiger partial charge on any atom is 0.255 e. The lowest BCUT2D eigenvalue weighted by Crippen LogP contribution is -2.46. The van der Waals surface area contributed by atoms with E-state index in [0.29, 0.717) is 16.5 Å². The average molecular weight is 274 g/mol. The second kappa shape index (κ2) is 5.28. The summed E-state index contributed by atoms with van der Waals surface area (Å²) < 4.78 is 0. The Morgan fingerprint density at radius 2 is 2.00 bits per heavy atom. The molecule has 0 N–H and O–H groups in total.